The van der Waals surface area contributed by atoms with Gasteiger partial charge in [-0.2, -0.15) is 0 Å². The summed E-state index contributed by atoms with van der Waals surface area (Å²) in [4.78, 5) is 29.3. The van der Waals surface area contributed by atoms with E-state index in [9.17, 15) is 9.59 Å². The summed E-state index contributed by atoms with van der Waals surface area (Å²) >= 11 is 0. The van der Waals surface area contributed by atoms with Gasteiger partial charge in [-0.3, -0.25) is 9.69 Å². The number of urea groups is 1. The Labute approximate surface area is 173 Å². The monoisotopic (exact) mass is 399 g/mol. The van der Waals surface area contributed by atoms with Crippen LogP contribution < -0.4 is 10.1 Å². The van der Waals surface area contributed by atoms with E-state index in [4.69, 9.17) is 4.74 Å². The molecule has 1 N–H and O–H groups in total. The number of carbonyl (C=O) groups excluding carboxylic acids is 2. The van der Waals surface area contributed by atoms with E-state index in [0.29, 0.717) is 31.9 Å². The standard InChI is InChI=1S/C23H33N3O3/c1-6-11-29-19-9-7-18(8-10-19)14-25(5)16-26-20(27)23(24-21(26)28)13-17(2)12-22(3,4)15-23/h6-10,17H,1,11-16H2,2-5H3,(H,24,28)/t17-,23-/m0/s1. The Bertz CT molecular complexity index is 774. The van der Waals surface area contributed by atoms with Crippen LogP contribution in [0.1, 0.15) is 45.6 Å². The van der Waals surface area contributed by atoms with Crippen molar-refractivity contribution in [1.29, 1.82) is 0 Å². The van der Waals surface area contributed by atoms with Gasteiger partial charge in [0.05, 0.1) is 6.67 Å². The van der Waals surface area contributed by atoms with Crippen LogP contribution in [0.25, 0.3) is 0 Å². The van der Waals surface area contributed by atoms with Crippen LogP contribution in [0.15, 0.2) is 36.9 Å². The second-order valence-corrected chi connectivity index (χ2v) is 9.50. The second kappa shape index (κ2) is 8.19. The Kier molecular flexibility index (Phi) is 6.03. The predicted molar refractivity (Wildman–Crippen MR) is 113 cm³/mol. The van der Waals surface area contributed by atoms with Gasteiger partial charge in [0.15, 0.2) is 0 Å². The summed E-state index contributed by atoms with van der Waals surface area (Å²) in [6.45, 7) is 11.6. The zero-order chi connectivity index (χ0) is 21.2. The van der Waals surface area contributed by atoms with E-state index in [-0.39, 0.29) is 24.0 Å². The molecule has 1 aliphatic carbocycles. The first-order valence-electron chi connectivity index (χ1n) is 10.3. The number of nitrogens with zero attached hydrogens (tertiary/aromatic N) is 2. The van der Waals surface area contributed by atoms with Gasteiger partial charge in [-0.05, 0) is 55.3 Å². The lowest BCUT2D eigenvalue weighted by Gasteiger charge is -2.43. The summed E-state index contributed by atoms with van der Waals surface area (Å²) in [5.41, 5.74) is 0.383. The van der Waals surface area contributed by atoms with E-state index in [0.717, 1.165) is 17.7 Å². The normalized spacial score (nSPS) is 26.1. The van der Waals surface area contributed by atoms with Crippen molar-refractivity contribution in [2.24, 2.45) is 11.3 Å². The Morgan fingerprint density at radius 1 is 1.28 bits per heavy atom. The number of nitrogens with one attached hydrogen (secondary N) is 1. The summed E-state index contributed by atoms with van der Waals surface area (Å²) in [6, 6.07) is 7.54. The SMILES string of the molecule is C=CCOc1ccc(CN(C)CN2C(=O)N[C@]3(C[C@@H](C)CC(C)(C)C3)C2=O)cc1. The van der Waals surface area contributed by atoms with Crippen molar-refractivity contribution in [1.82, 2.24) is 15.1 Å². The van der Waals surface area contributed by atoms with Crippen LogP contribution in [0, 0.1) is 11.3 Å². The molecule has 2 atom stereocenters. The van der Waals surface area contributed by atoms with Crippen molar-refractivity contribution in [2.75, 3.05) is 20.3 Å². The Balaban J connectivity index is 1.63. The van der Waals surface area contributed by atoms with Gasteiger partial charge in [0.2, 0.25) is 0 Å². The highest BCUT2D eigenvalue weighted by Crippen LogP contribution is 2.46. The molecule has 1 saturated carbocycles. The molecule has 3 rings (SSSR count). The first kappa shape index (κ1) is 21.4. The summed E-state index contributed by atoms with van der Waals surface area (Å²) < 4.78 is 5.50. The fraction of sp³-hybridized carbons (Fsp3) is 0.565. The van der Waals surface area contributed by atoms with Gasteiger partial charge in [-0.25, -0.2) is 9.69 Å². The van der Waals surface area contributed by atoms with Crippen LogP contribution in [0.3, 0.4) is 0 Å². The quantitative estimate of drug-likeness (QED) is 0.560. The predicted octanol–water partition coefficient (Wildman–Crippen LogP) is 3.78. The lowest BCUT2D eigenvalue weighted by atomic mass is 9.64. The molecule has 1 saturated heterocycles. The third-order valence-corrected chi connectivity index (χ3v) is 5.75. The largest absolute Gasteiger partial charge is 0.490 e. The first-order valence-corrected chi connectivity index (χ1v) is 10.3. The highest BCUT2D eigenvalue weighted by Gasteiger charge is 2.56. The molecule has 0 unspecified atom stereocenters. The fourth-order valence-electron chi connectivity index (χ4n) is 5.08. The van der Waals surface area contributed by atoms with E-state index in [2.05, 4.69) is 32.7 Å². The number of rotatable bonds is 7. The molecule has 1 aromatic rings. The van der Waals surface area contributed by atoms with Crippen LogP contribution in [-0.2, 0) is 11.3 Å². The van der Waals surface area contributed by atoms with Crippen LogP contribution >= 0.6 is 0 Å². The molecule has 0 aromatic heterocycles. The number of ether oxygens (including phenoxy) is 1. The average Bonchev–Trinajstić information content (AvgIpc) is 2.82. The molecule has 2 aliphatic rings. The molecule has 1 spiro atoms. The highest BCUT2D eigenvalue weighted by atomic mass is 16.5. The highest BCUT2D eigenvalue weighted by molar-refractivity contribution is 6.07. The van der Waals surface area contributed by atoms with E-state index >= 15 is 0 Å². The molecule has 158 valence electrons. The Hall–Kier alpha value is -2.34. The zero-order valence-corrected chi connectivity index (χ0v) is 18.0. The van der Waals surface area contributed by atoms with Crippen molar-refractivity contribution in [3.63, 3.8) is 0 Å². The lowest BCUT2D eigenvalue weighted by Crippen LogP contribution is -2.54. The lowest BCUT2D eigenvalue weighted by molar-refractivity contribution is -0.136. The molecule has 1 aliphatic heterocycles. The van der Waals surface area contributed by atoms with Crippen LogP contribution in [0.2, 0.25) is 0 Å². The minimum Gasteiger partial charge on any atom is -0.490 e. The van der Waals surface area contributed by atoms with Gasteiger partial charge < -0.3 is 10.1 Å². The number of hydrogen-bond acceptors (Lipinski definition) is 4. The van der Waals surface area contributed by atoms with Gasteiger partial charge in [0, 0.05) is 6.54 Å². The van der Waals surface area contributed by atoms with E-state index in [1.165, 1.54) is 4.90 Å². The third kappa shape index (κ3) is 4.81. The molecular weight excluding hydrogens is 366 g/mol. The molecule has 6 nitrogen and oxygen atoms in total. The summed E-state index contributed by atoms with van der Waals surface area (Å²) in [6.07, 6.45) is 4.19. The summed E-state index contributed by atoms with van der Waals surface area (Å²) in [5.74, 6) is 1.12. The molecule has 0 radical (unpaired) electrons. The molecule has 0 bridgehead atoms. The van der Waals surface area contributed by atoms with E-state index in [1.807, 2.05) is 36.2 Å². The summed E-state index contributed by atoms with van der Waals surface area (Å²) in [5, 5.41) is 3.04. The van der Waals surface area contributed by atoms with Crippen molar-refractivity contribution in [2.45, 2.75) is 52.1 Å². The number of benzene rings is 1. The van der Waals surface area contributed by atoms with E-state index in [1.54, 1.807) is 6.08 Å². The maximum absolute atomic E-state index is 13.3. The van der Waals surface area contributed by atoms with Gasteiger partial charge in [0.1, 0.15) is 17.9 Å². The van der Waals surface area contributed by atoms with E-state index < -0.39 is 5.54 Å². The molecule has 2 fully saturated rings. The number of amides is 3. The molecule has 3 amide bonds. The van der Waals surface area contributed by atoms with Crippen LogP contribution in [-0.4, -0.2) is 47.6 Å². The van der Waals surface area contributed by atoms with Crippen molar-refractivity contribution < 1.29 is 14.3 Å². The maximum Gasteiger partial charge on any atom is 0.326 e. The third-order valence-electron chi connectivity index (χ3n) is 5.75. The minimum absolute atomic E-state index is 0.0396. The first-order chi connectivity index (χ1) is 13.6. The van der Waals surface area contributed by atoms with Gasteiger partial charge >= 0.3 is 6.03 Å². The molecule has 29 heavy (non-hydrogen) atoms. The topological polar surface area (TPSA) is 61.9 Å². The number of imide groups is 1. The maximum atomic E-state index is 13.3. The molecular formula is C23H33N3O3. The Morgan fingerprint density at radius 3 is 2.59 bits per heavy atom. The summed E-state index contributed by atoms with van der Waals surface area (Å²) in [7, 11) is 1.92. The van der Waals surface area contributed by atoms with Crippen molar-refractivity contribution in [3.05, 3.63) is 42.5 Å². The number of hydrogen-bond donors (Lipinski definition) is 1. The zero-order valence-electron chi connectivity index (χ0n) is 18.0. The van der Waals surface area contributed by atoms with Crippen LogP contribution in [0.5, 0.6) is 5.75 Å². The van der Waals surface area contributed by atoms with Crippen molar-refractivity contribution >= 4 is 11.9 Å². The van der Waals surface area contributed by atoms with Crippen molar-refractivity contribution in [3.8, 4) is 5.75 Å². The molecule has 1 heterocycles. The molecule has 1 aromatic carbocycles. The Morgan fingerprint density at radius 2 is 1.97 bits per heavy atom. The fourth-order valence-corrected chi connectivity index (χ4v) is 5.08. The minimum atomic E-state index is -0.747. The van der Waals surface area contributed by atoms with Gasteiger partial charge in [0.25, 0.3) is 5.91 Å². The van der Waals surface area contributed by atoms with Gasteiger partial charge in [-0.1, -0.05) is 45.6 Å². The average molecular weight is 400 g/mol. The number of carbonyl (C=O) groups is 2. The second-order valence-electron chi connectivity index (χ2n) is 9.50. The smallest absolute Gasteiger partial charge is 0.326 e. The van der Waals surface area contributed by atoms with Gasteiger partial charge in [-0.15, -0.1) is 0 Å². The van der Waals surface area contributed by atoms with Crippen LogP contribution in [0.4, 0.5) is 4.79 Å². The molecule has 6 heteroatoms.